The van der Waals surface area contributed by atoms with Crippen molar-refractivity contribution in [1.29, 1.82) is 0 Å². The van der Waals surface area contributed by atoms with Gasteiger partial charge in [-0.05, 0) is 36.2 Å². The van der Waals surface area contributed by atoms with Gasteiger partial charge in [0.2, 0.25) is 0 Å². The second-order valence-electron chi connectivity index (χ2n) is 5.82. The maximum Gasteiger partial charge on any atom is 0.271 e. The molecule has 0 unspecified atom stereocenters. The summed E-state index contributed by atoms with van der Waals surface area (Å²) in [5.41, 5.74) is 3.03. The summed E-state index contributed by atoms with van der Waals surface area (Å²) in [6.07, 6.45) is 2.75. The summed E-state index contributed by atoms with van der Waals surface area (Å²) in [6, 6.07) is 11.8. The summed E-state index contributed by atoms with van der Waals surface area (Å²) >= 11 is 0. The number of aromatic amines is 1. The predicted molar refractivity (Wildman–Crippen MR) is 93.4 cm³/mol. The van der Waals surface area contributed by atoms with E-state index in [2.05, 4.69) is 22.1 Å². The zero-order chi connectivity index (χ0) is 17.8. The van der Waals surface area contributed by atoms with Gasteiger partial charge in [0.05, 0.1) is 17.9 Å². The number of nitrogens with zero attached hydrogens (tertiary/aromatic N) is 3. The maximum absolute atomic E-state index is 13.8. The number of H-pyrrole nitrogens is 1. The molecular formula is C19H19FN4O. The summed E-state index contributed by atoms with van der Waals surface area (Å²) in [6.45, 7) is 2.45. The van der Waals surface area contributed by atoms with Crippen molar-refractivity contribution in [1.82, 2.24) is 20.1 Å². The molecule has 0 aliphatic heterocycles. The zero-order valence-corrected chi connectivity index (χ0v) is 14.2. The number of benzene rings is 1. The molecule has 3 aromatic rings. The molecule has 0 bridgehead atoms. The van der Waals surface area contributed by atoms with Crippen LogP contribution in [0.25, 0.3) is 11.3 Å². The fraction of sp³-hybridized carbons (Fsp3) is 0.211. The number of rotatable bonds is 5. The third kappa shape index (κ3) is 3.74. The van der Waals surface area contributed by atoms with Gasteiger partial charge in [-0.15, -0.1) is 0 Å². The van der Waals surface area contributed by atoms with Crippen LogP contribution in [0.1, 0.15) is 28.7 Å². The molecule has 1 N–H and O–H groups in total. The first-order chi connectivity index (χ1) is 12.1. The SMILES string of the molecule is CCc1ccc(CN(C)C(=O)c2cc(-c3ccccc3F)n[nH]2)nc1. The number of hydrogen-bond acceptors (Lipinski definition) is 3. The van der Waals surface area contributed by atoms with Crippen molar-refractivity contribution in [3.05, 3.63) is 71.4 Å². The molecule has 0 fully saturated rings. The van der Waals surface area contributed by atoms with E-state index < -0.39 is 0 Å². The van der Waals surface area contributed by atoms with E-state index in [0.29, 0.717) is 23.5 Å². The minimum absolute atomic E-state index is 0.226. The number of hydrogen-bond donors (Lipinski definition) is 1. The molecule has 0 radical (unpaired) electrons. The number of halogens is 1. The van der Waals surface area contributed by atoms with Gasteiger partial charge in [0.1, 0.15) is 11.5 Å². The zero-order valence-electron chi connectivity index (χ0n) is 14.2. The van der Waals surface area contributed by atoms with Crippen LogP contribution in [0.2, 0.25) is 0 Å². The normalized spacial score (nSPS) is 10.7. The van der Waals surface area contributed by atoms with E-state index in [0.717, 1.165) is 17.7 Å². The minimum atomic E-state index is -0.374. The molecule has 6 heteroatoms. The minimum Gasteiger partial charge on any atom is -0.334 e. The van der Waals surface area contributed by atoms with Crippen LogP contribution >= 0.6 is 0 Å². The molecular weight excluding hydrogens is 319 g/mol. The van der Waals surface area contributed by atoms with E-state index in [1.54, 1.807) is 36.2 Å². The third-order valence-electron chi connectivity index (χ3n) is 4.00. The highest BCUT2D eigenvalue weighted by atomic mass is 19.1. The first-order valence-electron chi connectivity index (χ1n) is 8.08. The van der Waals surface area contributed by atoms with E-state index in [1.807, 2.05) is 18.3 Å². The smallest absolute Gasteiger partial charge is 0.271 e. The number of aromatic nitrogens is 3. The van der Waals surface area contributed by atoms with Crippen molar-refractivity contribution in [2.45, 2.75) is 19.9 Å². The molecule has 1 aromatic carbocycles. The van der Waals surface area contributed by atoms with Crippen molar-refractivity contribution in [2.75, 3.05) is 7.05 Å². The molecule has 128 valence electrons. The largest absolute Gasteiger partial charge is 0.334 e. The molecule has 0 aliphatic carbocycles. The number of pyridine rings is 1. The van der Waals surface area contributed by atoms with E-state index in [-0.39, 0.29) is 11.7 Å². The number of carbonyl (C=O) groups is 1. The number of aryl methyl sites for hydroxylation is 1. The van der Waals surface area contributed by atoms with Crippen molar-refractivity contribution < 1.29 is 9.18 Å². The predicted octanol–water partition coefficient (Wildman–Crippen LogP) is 3.45. The molecule has 5 nitrogen and oxygen atoms in total. The fourth-order valence-corrected chi connectivity index (χ4v) is 2.52. The van der Waals surface area contributed by atoms with Gasteiger partial charge in [0, 0.05) is 18.8 Å². The van der Waals surface area contributed by atoms with E-state index in [1.165, 1.54) is 6.07 Å². The van der Waals surface area contributed by atoms with Gasteiger partial charge in [0.25, 0.3) is 5.91 Å². The first kappa shape index (κ1) is 16.8. The van der Waals surface area contributed by atoms with E-state index in [4.69, 9.17) is 0 Å². The Balaban J connectivity index is 1.73. The standard InChI is InChI=1S/C19H19FN4O/c1-3-13-8-9-14(21-11-13)12-24(2)19(25)18-10-17(22-23-18)15-6-4-5-7-16(15)20/h4-11H,3,12H2,1-2H3,(H,22,23). The van der Waals surface area contributed by atoms with Crippen LogP contribution in [0.5, 0.6) is 0 Å². The number of amides is 1. The van der Waals surface area contributed by atoms with Crippen LogP contribution in [0.4, 0.5) is 4.39 Å². The Kier molecular flexibility index (Phi) is 4.88. The second-order valence-corrected chi connectivity index (χ2v) is 5.82. The molecule has 0 spiro atoms. The van der Waals surface area contributed by atoms with Crippen LogP contribution < -0.4 is 0 Å². The number of carbonyl (C=O) groups excluding carboxylic acids is 1. The molecule has 0 saturated carbocycles. The van der Waals surface area contributed by atoms with Gasteiger partial charge in [-0.3, -0.25) is 14.9 Å². The molecule has 2 aromatic heterocycles. The molecule has 0 atom stereocenters. The average Bonchev–Trinajstić information content (AvgIpc) is 3.12. The molecule has 1 amide bonds. The molecule has 0 aliphatic rings. The van der Waals surface area contributed by atoms with Gasteiger partial charge in [-0.1, -0.05) is 25.1 Å². The highest BCUT2D eigenvalue weighted by molar-refractivity contribution is 5.93. The van der Waals surface area contributed by atoms with Crippen molar-refractivity contribution in [2.24, 2.45) is 0 Å². The van der Waals surface area contributed by atoms with Gasteiger partial charge in [-0.25, -0.2) is 4.39 Å². The van der Waals surface area contributed by atoms with Crippen LogP contribution in [0.3, 0.4) is 0 Å². The Hall–Kier alpha value is -3.02. The fourth-order valence-electron chi connectivity index (χ4n) is 2.52. The Morgan fingerprint density at radius 2 is 2.04 bits per heavy atom. The Bertz CT molecular complexity index is 873. The van der Waals surface area contributed by atoms with Gasteiger partial charge < -0.3 is 4.90 Å². The van der Waals surface area contributed by atoms with Gasteiger partial charge >= 0.3 is 0 Å². The van der Waals surface area contributed by atoms with Crippen molar-refractivity contribution >= 4 is 5.91 Å². The second kappa shape index (κ2) is 7.25. The Morgan fingerprint density at radius 3 is 2.72 bits per heavy atom. The first-order valence-corrected chi connectivity index (χ1v) is 8.08. The summed E-state index contributed by atoms with van der Waals surface area (Å²) in [4.78, 5) is 18.4. The average molecular weight is 338 g/mol. The quantitative estimate of drug-likeness (QED) is 0.775. The van der Waals surface area contributed by atoms with E-state index in [9.17, 15) is 9.18 Å². The van der Waals surface area contributed by atoms with Crippen LogP contribution in [0.15, 0.2) is 48.7 Å². The lowest BCUT2D eigenvalue weighted by Crippen LogP contribution is -2.26. The molecule has 3 rings (SSSR count). The van der Waals surface area contributed by atoms with Gasteiger partial charge in [-0.2, -0.15) is 5.10 Å². The third-order valence-corrected chi connectivity index (χ3v) is 4.00. The summed E-state index contributed by atoms with van der Waals surface area (Å²) < 4.78 is 13.8. The Morgan fingerprint density at radius 1 is 1.24 bits per heavy atom. The van der Waals surface area contributed by atoms with Gasteiger partial charge in [0.15, 0.2) is 0 Å². The molecule has 2 heterocycles. The molecule has 25 heavy (non-hydrogen) atoms. The Labute approximate surface area is 145 Å². The lowest BCUT2D eigenvalue weighted by Gasteiger charge is -2.15. The van der Waals surface area contributed by atoms with Crippen LogP contribution in [-0.4, -0.2) is 33.0 Å². The lowest BCUT2D eigenvalue weighted by molar-refractivity contribution is 0.0777. The van der Waals surface area contributed by atoms with Crippen LogP contribution in [0, 0.1) is 5.82 Å². The summed E-state index contributed by atoms with van der Waals surface area (Å²) in [5, 5.41) is 6.74. The summed E-state index contributed by atoms with van der Waals surface area (Å²) in [7, 11) is 1.70. The number of nitrogens with one attached hydrogen (secondary N) is 1. The monoisotopic (exact) mass is 338 g/mol. The summed E-state index contributed by atoms with van der Waals surface area (Å²) in [5.74, 6) is -0.599. The topological polar surface area (TPSA) is 61.9 Å². The highest BCUT2D eigenvalue weighted by Crippen LogP contribution is 2.21. The van der Waals surface area contributed by atoms with Crippen LogP contribution in [-0.2, 0) is 13.0 Å². The highest BCUT2D eigenvalue weighted by Gasteiger charge is 2.17. The lowest BCUT2D eigenvalue weighted by atomic mass is 10.1. The van der Waals surface area contributed by atoms with E-state index >= 15 is 0 Å². The molecule has 0 saturated heterocycles. The van der Waals surface area contributed by atoms with Crippen molar-refractivity contribution in [3.8, 4) is 11.3 Å². The van der Waals surface area contributed by atoms with Crippen molar-refractivity contribution in [3.63, 3.8) is 0 Å². The maximum atomic E-state index is 13.8.